The molecular formula is C17H13F3N2O5. The highest BCUT2D eigenvalue weighted by Crippen LogP contribution is 2.19. The van der Waals surface area contributed by atoms with Gasteiger partial charge < -0.3 is 20.5 Å². The molecule has 10 heteroatoms. The lowest BCUT2D eigenvalue weighted by Crippen LogP contribution is -2.24. The third-order valence-corrected chi connectivity index (χ3v) is 3.17. The van der Waals surface area contributed by atoms with Crippen molar-refractivity contribution in [3.8, 4) is 5.75 Å². The molecule has 2 aromatic carbocycles. The maximum atomic E-state index is 13.4. The number of hydrogen-bond donors (Lipinski definition) is 2. The van der Waals surface area contributed by atoms with Gasteiger partial charge in [0.15, 0.2) is 30.7 Å². The molecule has 0 saturated carbocycles. The summed E-state index contributed by atoms with van der Waals surface area (Å²) in [6, 6.07) is 7.35. The summed E-state index contributed by atoms with van der Waals surface area (Å²) in [5, 5.41) is 1.93. The quantitative estimate of drug-likeness (QED) is 0.561. The number of hydrogen-bond acceptors (Lipinski definition) is 5. The van der Waals surface area contributed by atoms with Crippen LogP contribution in [0, 0.1) is 17.5 Å². The Labute approximate surface area is 150 Å². The van der Waals surface area contributed by atoms with E-state index in [1.807, 2.05) is 5.32 Å². The van der Waals surface area contributed by atoms with E-state index in [1.54, 1.807) is 12.1 Å². The summed E-state index contributed by atoms with van der Waals surface area (Å²) in [4.78, 5) is 34.4. The van der Waals surface area contributed by atoms with Gasteiger partial charge in [-0.25, -0.2) is 18.0 Å². The highest BCUT2D eigenvalue weighted by molar-refractivity contribution is 5.95. The summed E-state index contributed by atoms with van der Waals surface area (Å²) >= 11 is 0. The molecule has 0 aliphatic rings. The maximum absolute atomic E-state index is 13.4. The zero-order valence-electron chi connectivity index (χ0n) is 13.6. The number of rotatable bonds is 7. The molecule has 0 aromatic heterocycles. The largest absolute Gasteiger partial charge is 0.481 e. The standard InChI is InChI=1S/C17H13F3N2O5/c18-10-5-6-11(16(20)15(10)19)22-13(23)7-27-14(24)8-26-12-4-2-1-3-9(12)17(21)25/h1-6H,7-8H2,(H2,21,25)(H,22,23). The molecule has 0 aliphatic heterocycles. The van der Waals surface area contributed by atoms with Gasteiger partial charge in [0.05, 0.1) is 11.3 Å². The van der Waals surface area contributed by atoms with Crippen molar-refractivity contribution in [2.45, 2.75) is 0 Å². The van der Waals surface area contributed by atoms with E-state index in [2.05, 4.69) is 4.74 Å². The third-order valence-electron chi connectivity index (χ3n) is 3.17. The van der Waals surface area contributed by atoms with E-state index >= 15 is 0 Å². The molecule has 2 amide bonds. The maximum Gasteiger partial charge on any atom is 0.344 e. The number of primary amides is 1. The molecule has 142 valence electrons. The first-order valence-corrected chi connectivity index (χ1v) is 7.40. The molecule has 2 aromatic rings. The number of para-hydroxylation sites is 1. The van der Waals surface area contributed by atoms with Gasteiger partial charge in [0.1, 0.15) is 5.75 Å². The molecule has 0 radical (unpaired) electrons. The van der Waals surface area contributed by atoms with Crippen LogP contribution in [0.5, 0.6) is 5.75 Å². The lowest BCUT2D eigenvalue weighted by Gasteiger charge is -2.10. The molecule has 0 saturated heterocycles. The fourth-order valence-electron chi connectivity index (χ4n) is 1.93. The van der Waals surface area contributed by atoms with Gasteiger partial charge in [-0.1, -0.05) is 12.1 Å². The minimum Gasteiger partial charge on any atom is -0.481 e. The third kappa shape index (κ3) is 5.21. The zero-order valence-corrected chi connectivity index (χ0v) is 13.6. The lowest BCUT2D eigenvalue weighted by molar-refractivity contribution is -0.149. The molecule has 0 heterocycles. The first-order valence-electron chi connectivity index (χ1n) is 7.40. The van der Waals surface area contributed by atoms with Crippen LogP contribution in [0.4, 0.5) is 18.9 Å². The Morgan fingerprint density at radius 1 is 0.963 bits per heavy atom. The van der Waals surface area contributed by atoms with Crippen LogP contribution in [0.3, 0.4) is 0 Å². The molecule has 0 spiro atoms. The average molecular weight is 382 g/mol. The smallest absolute Gasteiger partial charge is 0.344 e. The van der Waals surface area contributed by atoms with Crippen molar-refractivity contribution in [2.24, 2.45) is 5.73 Å². The number of esters is 1. The molecule has 0 unspecified atom stereocenters. The van der Waals surface area contributed by atoms with Gasteiger partial charge in [0, 0.05) is 0 Å². The number of carbonyl (C=O) groups is 3. The number of benzene rings is 2. The van der Waals surface area contributed by atoms with E-state index in [0.29, 0.717) is 6.07 Å². The number of nitrogens with two attached hydrogens (primary N) is 1. The van der Waals surface area contributed by atoms with Crippen LogP contribution in [0.25, 0.3) is 0 Å². The molecule has 0 aliphatic carbocycles. The Balaban J connectivity index is 1.85. The number of carbonyl (C=O) groups excluding carboxylic acids is 3. The number of anilines is 1. The van der Waals surface area contributed by atoms with Crippen molar-refractivity contribution >= 4 is 23.5 Å². The van der Waals surface area contributed by atoms with E-state index in [0.717, 1.165) is 6.07 Å². The van der Waals surface area contributed by atoms with Crippen molar-refractivity contribution in [3.63, 3.8) is 0 Å². The van der Waals surface area contributed by atoms with Crippen LogP contribution in [0.2, 0.25) is 0 Å². The second-order valence-electron chi connectivity index (χ2n) is 5.08. The van der Waals surface area contributed by atoms with Crippen LogP contribution in [0.15, 0.2) is 36.4 Å². The predicted molar refractivity (Wildman–Crippen MR) is 86.4 cm³/mol. The molecule has 7 nitrogen and oxygen atoms in total. The molecule has 27 heavy (non-hydrogen) atoms. The monoisotopic (exact) mass is 382 g/mol. The summed E-state index contributed by atoms with van der Waals surface area (Å²) in [7, 11) is 0. The molecule has 0 fully saturated rings. The van der Waals surface area contributed by atoms with Crippen LogP contribution < -0.4 is 15.8 Å². The van der Waals surface area contributed by atoms with Crippen LogP contribution in [0.1, 0.15) is 10.4 Å². The normalized spacial score (nSPS) is 10.2. The van der Waals surface area contributed by atoms with E-state index in [-0.39, 0.29) is 11.3 Å². The Morgan fingerprint density at radius 2 is 1.67 bits per heavy atom. The molecule has 2 rings (SSSR count). The minimum atomic E-state index is -1.74. The van der Waals surface area contributed by atoms with Gasteiger partial charge in [0.25, 0.3) is 11.8 Å². The topological polar surface area (TPSA) is 108 Å². The lowest BCUT2D eigenvalue weighted by atomic mass is 10.2. The molecule has 0 bridgehead atoms. The Hall–Kier alpha value is -3.56. The summed E-state index contributed by atoms with van der Waals surface area (Å²) in [6.07, 6.45) is 0. The Bertz CT molecular complexity index is 889. The summed E-state index contributed by atoms with van der Waals surface area (Å²) in [5.41, 5.74) is 4.60. The average Bonchev–Trinajstić information content (AvgIpc) is 2.65. The van der Waals surface area contributed by atoms with E-state index in [1.165, 1.54) is 12.1 Å². The first-order chi connectivity index (χ1) is 12.8. The number of nitrogens with one attached hydrogen (secondary N) is 1. The van der Waals surface area contributed by atoms with Crippen molar-refractivity contribution in [3.05, 3.63) is 59.4 Å². The predicted octanol–water partition coefficient (Wildman–Crippen LogP) is 1.76. The van der Waals surface area contributed by atoms with Crippen molar-refractivity contribution in [2.75, 3.05) is 18.5 Å². The van der Waals surface area contributed by atoms with Crippen molar-refractivity contribution in [1.82, 2.24) is 0 Å². The fraction of sp³-hybridized carbons (Fsp3) is 0.118. The highest BCUT2D eigenvalue weighted by Gasteiger charge is 2.16. The SMILES string of the molecule is NC(=O)c1ccccc1OCC(=O)OCC(=O)Nc1ccc(F)c(F)c1F. The number of halogens is 3. The number of amides is 2. The van der Waals surface area contributed by atoms with Crippen LogP contribution >= 0.6 is 0 Å². The second-order valence-corrected chi connectivity index (χ2v) is 5.08. The summed E-state index contributed by atoms with van der Waals surface area (Å²) in [6.45, 7) is -1.45. The second kappa shape index (κ2) is 8.70. The van der Waals surface area contributed by atoms with Gasteiger partial charge >= 0.3 is 5.97 Å². The highest BCUT2D eigenvalue weighted by atomic mass is 19.2. The summed E-state index contributed by atoms with van der Waals surface area (Å²) in [5.74, 6) is -7.39. The van der Waals surface area contributed by atoms with Gasteiger partial charge in [-0.3, -0.25) is 9.59 Å². The van der Waals surface area contributed by atoms with Gasteiger partial charge in [-0.15, -0.1) is 0 Å². The van der Waals surface area contributed by atoms with Crippen LogP contribution in [-0.4, -0.2) is 31.0 Å². The summed E-state index contributed by atoms with van der Waals surface area (Å²) < 4.78 is 49.0. The first kappa shape index (κ1) is 19.8. The van der Waals surface area contributed by atoms with E-state index < -0.39 is 54.1 Å². The van der Waals surface area contributed by atoms with E-state index in [9.17, 15) is 27.6 Å². The van der Waals surface area contributed by atoms with Gasteiger partial charge in [-0.05, 0) is 24.3 Å². The fourth-order valence-corrected chi connectivity index (χ4v) is 1.93. The Kier molecular flexibility index (Phi) is 6.36. The minimum absolute atomic E-state index is 0.0512. The number of ether oxygens (including phenoxy) is 2. The van der Waals surface area contributed by atoms with Gasteiger partial charge in [-0.2, -0.15) is 0 Å². The Morgan fingerprint density at radius 3 is 2.37 bits per heavy atom. The zero-order chi connectivity index (χ0) is 20.0. The van der Waals surface area contributed by atoms with Gasteiger partial charge in [0.2, 0.25) is 0 Å². The molecule has 3 N–H and O–H groups in total. The van der Waals surface area contributed by atoms with Crippen molar-refractivity contribution < 1.29 is 37.0 Å². The molecular weight excluding hydrogens is 369 g/mol. The van der Waals surface area contributed by atoms with E-state index in [4.69, 9.17) is 10.5 Å². The van der Waals surface area contributed by atoms with Crippen molar-refractivity contribution in [1.29, 1.82) is 0 Å². The van der Waals surface area contributed by atoms with Crippen LogP contribution in [-0.2, 0) is 14.3 Å². The molecule has 0 atom stereocenters.